The Morgan fingerprint density at radius 2 is 1.69 bits per heavy atom. The lowest BCUT2D eigenvalue weighted by atomic mass is 10.0. The Labute approximate surface area is 146 Å². The minimum Gasteiger partial charge on any atom is -0.477 e. The molecule has 1 heterocycles. The van der Waals surface area contributed by atoms with Crippen LogP contribution in [0.4, 0.5) is 22.0 Å². The number of aliphatic imine (C=N–C) groups is 1. The number of halogens is 5. The van der Waals surface area contributed by atoms with Crippen molar-refractivity contribution in [3.05, 3.63) is 65.2 Å². The summed E-state index contributed by atoms with van der Waals surface area (Å²) >= 11 is 0. The van der Waals surface area contributed by atoms with Crippen molar-refractivity contribution in [2.75, 3.05) is 6.61 Å². The highest BCUT2D eigenvalue weighted by Gasteiger charge is 2.31. The number of hydrogen-bond donors (Lipinski definition) is 0. The van der Waals surface area contributed by atoms with Gasteiger partial charge < -0.3 is 9.47 Å². The predicted molar refractivity (Wildman–Crippen MR) is 84.1 cm³/mol. The Kier molecular flexibility index (Phi) is 5.11. The lowest BCUT2D eigenvalue weighted by Gasteiger charge is -2.22. The average molecular weight is 371 g/mol. The summed E-state index contributed by atoms with van der Waals surface area (Å²) in [7, 11) is 0. The molecular weight excluding hydrogens is 357 g/mol. The molecule has 0 fully saturated rings. The summed E-state index contributed by atoms with van der Waals surface area (Å²) in [5, 5.41) is 0. The largest absolute Gasteiger partial charge is 0.573 e. The van der Waals surface area contributed by atoms with E-state index in [2.05, 4.69) is 9.73 Å². The maximum absolute atomic E-state index is 13.9. The van der Waals surface area contributed by atoms with E-state index < -0.39 is 18.0 Å². The fourth-order valence-electron chi connectivity index (χ4n) is 2.65. The van der Waals surface area contributed by atoms with Gasteiger partial charge in [0.25, 0.3) is 0 Å². The highest BCUT2D eigenvalue weighted by Crippen LogP contribution is 2.24. The Bertz CT molecular complexity index is 782. The van der Waals surface area contributed by atoms with Gasteiger partial charge in [0, 0.05) is 6.42 Å². The van der Waals surface area contributed by atoms with Crippen LogP contribution in [0.25, 0.3) is 0 Å². The summed E-state index contributed by atoms with van der Waals surface area (Å²) in [6.45, 7) is 0.243. The molecule has 0 aliphatic carbocycles. The maximum atomic E-state index is 13.9. The zero-order valence-electron chi connectivity index (χ0n) is 13.4. The molecule has 3 rings (SSSR count). The molecule has 0 spiro atoms. The van der Waals surface area contributed by atoms with Crippen LogP contribution in [0.15, 0.2) is 47.5 Å². The average Bonchev–Trinajstić information content (AvgIpc) is 2.56. The fourth-order valence-corrected chi connectivity index (χ4v) is 2.65. The molecule has 1 unspecified atom stereocenters. The first-order valence-electron chi connectivity index (χ1n) is 7.81. The Morgan fingerprint density at radius 3 is 2.31 bits per heavy atom. The molecule has 2 aromatic rings. The van der Waals surface area contributed by atoms with Crippen LogP contribution in [0.2, 0.25) is 0 Å². The van der Waals surface area contributed by atoms with Crippen molar-refractivity contribution in [3.8, 4) is 5.75 Å². The highest BCUT2D eigenvalue weighted by atomic mass is 19.4. The van der Waals surface area contributed by atoms with Crippen LogP contribution in [0.5, 0.6) is 5.75 Å². The second-order valence-corrected chi connectivity index (χ2v) is 5.72. The van der Waals surface area contributed by atoms with Gasteiger partial charge in [0.15, 0.2) is 0 Å². The van der Waals surface area contributed by atoms with E-state index in [4.69, 9.17) is 4.74 Å². The van der Waals surface area contributed by atoms with E-state index in [1.807, 2.05) is 0 Å². The van der Waals surface area contributed by atoms with Gasteiger partial charge in [-0.3, -0.25) is 0 Å². The van der Waals surface area contributed by atoms with E-state index >= 15 is 0 Å². The van der Waals surface area contributed by atoms with Crippen LogP contribution in [0.3, 0.4) is 0 Å². The van der Waals surface area contributed by atoms with Gasteiger partial charge >= 0.3 is 6.36 Å². The number of benzene rings is 2. The van der Waals surface area contributed by atoms with E-state index in [0.717, 1.165) is 17.7 Å². The quantitative estimate of drug-likeness (QED) is 0.733. The molecule has 2 aromatic carbocycles. The van der Waals surface area contributed by atoms with E-state index in [1.54, 1.807) is 0 Å². The van der Waals surface area contributed by atoms with Crippen molar-refractivity contribution in [1.29, 1.82) is 0 Å². The van der Waals surface area contributed by atoms with Gasteiger partial charge in [-0.15, -0.1) is 13.2 Å². The highest BCUT2D eigenvalue weighted by molar-refractivity contribution is 5.95. The number of ether oxygens (including phenoxy) is 2. The third kappa shape index (κ3) is 4.50. The van der Waals surface area contributed by atoms with E-state index in [-0.39, 0.29) is 29.9 Å². The first-order valence-corrected chi connectivity index (χ1v) is 7.81. The molecule has 0 radical (unpaired) electrons. The molecule has 0 saturated carbocycles. The van der Waals surface area contributed by atoms with Crippen LogP contribution >= 0.6 is 0 Å². The van der Waals surface area contributed by atoms with Crippen LogP contribution in [-0.4, -0.2) is 24.9 Å². The topological polar surface area (TPSA) is 30.8 Å². The zero-order valence-corrected chi connectivity index (χ0v) is 13.4. The van der Waals surface area contributed by atoms with Crippen LogP contribution in [0.1, 0.15) is 17.5 Å². The van der Waals surface area contributed by atoms with Crippen molar-refractivity contribution < 1.29 is 31.4 Å². The Balaban J connectivity index is 1.74. The summed E-state index contributed by atoms with van der Waals surface area (Å²) in [5.74, 6) is -1.95. The van der Waals surface area contributed by atoms with Gasteiger partial charge in [0.2, 0.25) is 5.90 Å². The summed E-state index contributed by atoms with van der Waals surface area (Å²) in [4.78, 5) is 4.25. The number of rotatable bonds is 4. The number of nitrogens with zero attached hydrogens (tertiary/aromatic N) is 1. The standard InChI is InChI=1S/C18H14F5NO2/c19-14-2-1-3-15(20)16(14)17-24-12(8-9-25-17)10-11-4-6-13(7-5-11)26-18(21,22)23/h1-7,12H,8-10H2. The van der Waals surface area contributed by atoms with Gasteiger partial charge in [0.1, 0.15) is 22.9 Å². The number of hydrogen-bond acceptors (Lipinski definition) is 3. The van der Waals surface area contributed by atoms with Crippen LogP contribution in [-0.2, 0) is 11.2 Å². The van der Waals surface area contributed by atoms with Gasteiger partial charge in [0.05, 0.1) is 12.6 Å². The number of alkyl halides is 3. The summed E-state index contributed by atoms with van der Waals surface area (Å²) in [6.07, 6.45) is -3.82. The van der Waals surface area contributed by atoms with Gasteiger partial charge in [-0.05, 0) is 36.2 Å². The van der Waals surface area contributed by atoms with Gasteiger partial charge in [-0.25, -0.2) is 13.8 Å². The van der Waals surface area contributed by atoms with Crippen molar-refractivity contribution >= 4 is 5.90 Å². The zero-order chi connectivity index (χ0) is 18.7. The van der Waals surface area contributed by atoms with Crippen molar-refractivity contribution in [2.24, 2.45) is 4.99 Å². The van der Waals surface area contributed by atoms with Crippen LogP contribution < -0.4 is 4.74 Å². The minimum absolute atomic E-state index is 0.103. The van der Waals surface area contributed by atoms with Crippen molar-refractivity contribution in [2.45, 2.75) is 25.2 Å². The monoisotopic (exact) mass is 371 g/mol. The summed E-state index contributed by atoms with van der Waals surface area (Å²) in [5.41, 5.74) is 0.412. The lowest BCUT2D eigenvalue weighted by Crippen LogP contribution is -2.25. The van der Waals surface area contributed by atoms with Gasteiger partial charge in [-0.2, -0.15) is 0 Å². The maximum Gasteiger partial charge on any atom is 0.573 e. The predicted octanol–water partition coefficient (Wildman–Crippen LogP) is 4.64. The lowest BCUT2D eigenvalue weighted by molar-refractivity contribution is -0.274. The molecule has 0 N–H and O–H groups in total. The molecule has 1 atom stereocenters. The first-order chi connectivity index (χ1) is 12.3. The Morgan fingerprint density at radius 1 is 1.04 bits per heavy atom. The third-order valence-corrected chi connectivity index (χ3v) is 3.79. The normalized spacial score (nSPS) is 17.4. The summed E-state index contributed by atoms with van der Waals surface area (Å²) < 4.78 is 73.3. The van der Waals surface area contributed by atoms with Crippen molar-refractivity contribution in [3.63, 3.8) is 0 Å². The molecule has 0 amide bonds. The first kappa shape index (κ1) is 18.2. The molecule has 3 nitrogen and oxygen atoms in total. The third-order valence-electron chi connectivity index (χ3n) is 3.79. The molecule has 1 aliphatic heterocycles. The van der Waals surface area contributed by atoms with E-state index in [0.29, 0.717) is 12.8 Å². The molecule has 0 saturated heterocycles. The second-order valence-electron chi connectivity index (χ2n) is 5.72. The van der Waals surface area contributed by atoms with E-state index in [1.165, 1.54) is 30.3 Å². The minimum atomic E-state index is -4.74. The second kappa shape index (κ2) is 7.31. The smallest absolute Gasteiger partial charge is 0.477 e. The molecule has 0 aromatic heterocycles. The molecule has 0 bridgehead atoms. The Hall–Kier alpha value is -2.64. The molecule has 8 heteroatoms. The molecule has 1 aliphatic rings. The molecule has 26 heavy (non-hydrogen) atoms. The SMILES string of the molecule is Fc1cccc(F)c1C1=NC(Cc2ccc(OC(F)(F)F)cc2)CCO1. The van der Waals surface area contributed by atoms with Crippen LogP contribution in [0, 0.1) is 11.6 Å². The van der Waals surface area contributed by atoms with Crippen molar-refractivity contribution in [1.82, 2.24) is 0 Å². The molecular formula is C18H14F5NO2. The molecule has 138 valence electrons. The summed E-state index contributed by atoms with van der Waals surface area (Å²) in [6, 6.07) is 8.60. The van der Waals surface area contributed by atoms with E-state index in [9.17, 15) is 22.0 Å². The fraction of sp³-hybridized carbons (Fsp3) is 0.278. The van der Waals surface area contributed by atoms with Gasteiger partial charge in [-0.1, -0.05) is 18.2 Å².